The summed E-state index contributed by atoms with van der Waals surface area (Å²) in [6.45, 7) is 7.71. The average molecular weight is 492 g/mol. The molecule has 1 unspecified atom stereocenters. The van der Waals surface area contributed by atoms with Crippen LogP contribution in [0.3, 0.4) is 0 Å². The van der Waals surface area contributed by atoms with Gasteiger partial charge >= 0.3 is 0 Å². The number of fused-ring (bicyclic) bond motifs is 1. The van der Waals surface area contributed by atoms with Crippen LogP contribution in [0.4, 0.5) is 4.39 Å². The van der Waals surface area contributed by atoms with Gasteiger partial charge in [0.2, 0.25) is 5.88 Å². The molecule has 1 amide bonds. The third-order valence-corrected chi connectivity index (χ3v) is 7.10. The Labute approximate surface area is 200 Å². The van der Waals surface area contributed by atoms with Crippen molar-refractivity contribution < 1.29 is 23.3 Å². The first-order valence-corrected chi connectivity index (χ1v) is 12.5. The van der Waals surface area contributed by atoms with E-state index in [9.17, 15) is 18.2 Å². The van der Waals surface area contributed by atoms with E-state index in [4.69, 9.17) is 9.94 Å². The number of nitrogens with one attached hydrogen (secondary N) is 1. The maximum Gasteiger partial charge on any atom is 0.261 e. The highest BCUT2D eigenvalue weighted by Crippen LogP contribution is 2.26. The van der Waals surface area contributed by atoms with Crippen molar-refractivity contribution in [3.63, 3.8) is 0 Å². The smallest absolute Gasteiger partial charge is 0.261 e. The zero-order valence-corrected chi connectivity index (χ0v) is 20.7. The van der Waals surface area contributed by atoms with Gasteiger partial charge in [-0.25, -0.2) is 14.9 Å². The molecule has 184 valence electrons. The van der Waals surface area contributed by atoms with Gasteiger partial charge in [-0.2, -0.15) is 0 Å². The van der Waals surface area contributed by atoms with Crippen molar-refractivity contribution in [1.29, 1.82) is 0 Å². The number of pyridine rings is 2. The minimum Gasteiger partial charge on any atom is -0.478 e. The Morgan fingerprint density at radius 1 is 1.24 bits per heavy atom. The van der Waals surface area contributed by atoms with Gasteiger partial charge < -0.3 is 9.30 Å². The zero-order chi connectivity index (χ0) is 25.5. The number of hydrogen-bond acceptors (Lipinski definition) is 6. The van der Waals surface area contributed by atoms with Crippen molar-refractivity contribution in [3.05, 3.63) is 58.9 Å². The molecule has 34 heavy (non-hydrogen) atoms. The summed E-state index contributed by atoms with van der Waals surface area (Å²) < 4.78 is 32.0. The Kier molecular flexibility index (Phi) is 9.46. The van der Waals surface area contributed by atoms with E-state index in [0.717, 1.165) is 16.3 Å². The number of amides is 1. The number of halogens is 1. The molecule has 10 heteroatoms. The number of carbonyl (C=O) groups is 1. The van der Waals surface area contributed by atoms with E-state index in [-0.39, 0.29) is 23.7 Å². The van der Waals surface area contributed by atoms with Crippen LogP contribution in [0, 0.1) is 5.82 Å². The Morgan fingerprint density at radius 3 is 2.47 bits per heavy atom. The van der Waals surface area contributed by atoms with Crippen LogP contribution >= 0.6 is 0 Å². The lowest BCUT2D eigenvalue weighted by Gasteiger charge is -2.24. The van der Waals surface area contributed by atoms with Crippen LogP contribution in [0.2, 0.25) is 0 Å². The SMILES string of the molecule is CC.CCOc1ccc(-c2ccc3c(=O)n(CC[C@](C)(C(=O)NO)S(C)=O)cc(F)c3c2)cn1. The predicted octanol–water partition coefficient (Wildman–Crippen LogP) is 3.66. The molecule has 0 saturated carbocycles. The Hall–Kier alpha value is -3.11. The van der Waals surface area contributed by atoms with Crippen LogP contribution in [0.25, 0.3) is 21.9 Å². The topological polar surface area (TPSA) is 111 Å². The van der Waals surface area contributed by atoms with E-state index < -0.39 is 32.8 Å². The quantitative estimate of drug-likeness (QED) is 0.368. The summed E-state index contributed by atoms with van der Waals surface area (Å²) in [4.78, 5) is 29.1. The molecule has 8 nitrogen and oxygen atoms in total. The number of rotatable bonds is 8. The number of aryl methyl sites for hydroxylation is 1. The lowest BCUT2D eigenvalue weighted by molar-refractivity contribution is -0.131. The number of nitrogens with zero attached hydrogens (tertiary/aromatic N) is 2. The summed E-state index contributed by atoms with van der Waals surface area (Å²) in [5.74, 6) is -0.950. The van der Waals surface area contributed by atoms with Gasteiger partial charge in [0.15, 0.2) is 0 Å². The van der Waals surface area contributed by atoms with Gasteiger partial charge in [-0.05, 0) is 44.0 Å². The van der Waals surface area contributed by atoms with Crippen molar-refractivity contribution in [2.45, 2.75) is 45.4 Å². The molecule has 3 rings (SSSR count). The van der Waals surface area contributed by atoms with Gasteiger partial charge in [0.1, 0.15) is 10.6 Å². The Balaban J connectivity index is 0.00000199. The molecule has 0 saturated heterocycles. The molecule has 0 spiro atoms. The minimum absolute atomic E-state index is 0.0384. The summed E-state index contributed by atoms with van der Waals surface area (Å²) in [6.07, 6.45) is 3.98. The number of aromatic nitrogens is 2. The molecule has 0 bridgehead atoms. The lowest BCUT2D eigenvalue weighted by atomic mass is 10.0. The van der Waals surface area contributed by atoms with Crippen LogP contribution in [0.1, 0.15) is 34.1 Å². The molecule has 2 heterocycles. The highest BCUT2D eigenvalue weighted by atomic mass is 32.2. The Morgan fingerprint density at radius 2 is 1.91 bits per heavy atom. The fourth-order valence-electron chi connectivity index (χ4n) is 3.32. The molecule has 2 N–H and O–H groups in total. The predicted molar refractivity (Wildman–Crippen MR) is 131 cm³/mol. The third-order valence-electron chi connectivity index (χ3n) is 5.45. The standard InChI is InChI=1S/C22H24FN3O5S.C2H6/c1-4-31-19-8-6-15(12-24-19)14-5-7-16-17(11-14)18(23)13-26(20(16)27)10-9-22(2,32(3)30)21(28)25-29;1-2/h5-8,11-13,29H,4,9-10H2,1-3H3,(H,25,28);1-2H3/t22-,32?;/m1./s1. The first kappa shape index (κ1) is 27.1. The van der Waals surface area contributed by atoms with Gasteiger partial charge in [0.25, 0.3) is 11.5 Å². The second-order valence-electron chi connectivity index (χ2n) is 7.43. The van der Waals surface area contributed by atoms with Gasteiger partial charge in [-0.15, -0.1) is 0 Å². The summed E-state index contributed by atoms with van der Waals surface area (Å²) in [7, 11) is -1.64. The summed E-state index contributed by atoms with van der Waals surface area (Å²) in [5.41, 5.74) is 2.50. The first-order chi connectivity index (χ1) is 16.2. The highest BCUT2D eigenvalue weighted by molar-refractivity contribution is 7.86. The van der Waals surface area contributed by atoms with Gasteiger partial charge in [-0.3, -0.25) is 19.0 Å². The van der Waals surface area contributed by atoms with Crippen LogP contribution in [-0.2, 0) is 22.1 Å². The lowest BCUT2D eigenvalue weighted by Crippen LogP contribution is -2.47. The van der Waals surface area contributed by atoms with E-state index in [1.807, 2.05) is 20.8 Å². The molecule has 3 aromatic rings. The molecule has 1 aromatic carbocycles. The number of carbonyl (C=O) groups excluding carboxylic acids is 1. The van der Waals surface area contributed by atoms with E-state index in [2.05, 4.69) is 4.98 Å². The number of hydrogen-bond donors (Lipinski definition) is 2. The maximum atomic E-state index is 14.9. The van der Waals surface area contributed by atoms with Crippen LogP contribution in [0.5, 0.6) is 5.88 Å². The van der Waals surface area contributed by atoms with Crippen molar-refractivity contribution in [1.82, 2.24) is 15.0 Å². The zero-order valence-electron chi connectivity index (χ0n) is 19.9. The second kappa shape index (κ2) is 11.8. The monoisotopic (exact) mass is 491 g/mol. The first-order valence-electron chi connectivity index (χ1n) is 10.9. The molecule has 0 aliphatic rings. The Bertz CT molecular complexity index is 1230. The van der Waals surface area contributed by atoms with Gasteiger partial charge in [0, 0.05) is 53.0 Å². The maximum absolute atomic E-state index is 14.9. The van der Waals surface area contributed by atoms with Crippen molar-refractivity contribution in [2.24, 2.45) is 0 Å². The summed E-state index contributed by atoms with van der Waals surface area (Å²) in [5, 5.41) is 9.28. The molecule has 0 aliphatic carbocycles. The summed E-state index contributed by atoms with van der Waals surface area (Å²) >= 11 is 0. The molecule has 0 fully saturated rings. The number of hydroxylamine groups is 1. The van der Waals surface area contributed by atoms with Crippen LogP contribution < -0.4 is 15.8 Å². The molecule has 0 radical (unpaired) electrons. The van der Waals surface area contributed by atoms with Crippen molar-refractivity contribution in [3.8, 4) is 17.0 Å². The number of ether oxygens (including phenoxy) is 1. The van der Waals surface area contributed by atoms with Crippen molar-refractivity contribution in [2.75, 3.05) is 12.9 Å². The molecular weight excluding hydrogens is 461 g/mol. The van der Waals surface area contributed by atoms with Gasteiger partial charge in [0.05, 0.1) is 12.0 Å². The molecule has 2 atom stereocenters. The van der Waals surface area contributed by atoms with Gasteiger partial charge in [-0.1, -0.05) is 19.9 Å². The van der Waals surface area contributed by atoms with E-state index in [1.165, 1.54) is 18.7 Å². The number of benzene rings is 1. The molecular formula is C24H30FN3O5S. The molecule has 2 aromatic heterocycles. The van der Waals surface area contributed by atoms with Crippen LogP contribution in [-0.4, -0.2) is 42.5 Å². The van der Waals surface area contributed by atoms with E-state index in [1.54, 1.807) is 36.5 Å². The fraction of sp³-hybridized carbons (Fsp3) is 0.375. The van der Waals surface area contributed by atoms with Crippen LogP contribution in [0.15, 0.2) is 47.5 Å². The third kappa shape index (κ3) is 5.68. The normalized spacial score (nSPS) is 13.4. The van der Waals surface area contributed by atoms with E-state index >= 15 is 0 Å². The minimum atomic E-state index is -1.64. The average Bonchev–Trinajstić information content (AvgIpc) is 2.86. The van der Waals surface area contributed by atoms with E-state index in [0.29, 0.717) is 18.1 Å². The fourth-order valence-corrected chi connectivity index (χ4v) is 4.00. The highest BCUT2D eigenvalue weighted by Gasteiger charge is 2.37. The largest absolute Gasteiger partial charge is 0.478 e. The summed E-state index contributed by atoms with van der Waals surface area (Å²) in [6, 6.07) is 8.35. The van der Waals surface area contributed by atoms with Crippen molar-refractivity contribution >= 4 is 27.5 Å². The second-order valence-corrected chi connectivity index (χ2v) is 9.24. The molecule has 0 aliphatic heterocycles.